The lowest BCUT2D eigenvalue weighted by Gasteiger charge is -2.12. The van der Waals surface area contributed by atoms with Crippen LogP contribution in [0.1, 0.15) is 26.3 Å². The first kappa shape index (κ1) is 16.6. The fraction of sp³-hybridized carbons (Fsp3) is 0.200. The highest BCUT2D eigenvalue weighted by Crippen LogP contribution is 2.18. The standard InChI is InChI=1S/C20H18N4O/c1-20(2,3)24-9-7-15(8-10-24)18-22-13-17(19(25)23-18)16-6-4-5-14(11-16)12-21/h4-11,13H,1-3H3/p+1. The van der Waals surface area contributed by atoms with Crippen LogP contribution in [0.4, 0.5) is 0 Å². The molecule has 1 aromatic carbocycles. The van der Waals surface area contributed by atoms with E-state index in [1.807, 2.05) is 24.5 Å². The largest absolute Gasteiger partial charge is 0.306 e. The Labute approximate surface area is 146 Å². The molecule has 0 bridgehead atoms. The maximum absolute atomic E-state index is 12.5. The zero-order valence-electron chi connectivity index (χ0n) is 14.4. The Morgan fingerprint density at radius 3 is 2.44 bits per heavy atom. The Kier molecular flexibility index (Phi) is 4.20. The number of aromatic amines is 1. The molecular formula is C20H19N4O+. The van der Waals surface area contributed by atoms with Gasteiger partial charge in [0.15, 0.2) is 17.9 Å². The van der Waals surface area contributed by atoms with Crippen LogP contribution in [0.15, 0.2) is 59.8 Å². The first-order chi connectivity index (χ1) is 11.9. The number of hydrogen-bond donors (Lipinski definition) is 1. The van der Waals surface area contributed by atoms with Gasteiger partial charge in [0.2, 0.25) is 0 Å². The normalized spacial score (nSPS) is 11.1. The third-order valence-corrected chi connectivity index (χ3v) is 3.98. The molecule has 0 saturated heterocycles. The fourth-order valence-corrected chi connectivity index (χ4v) is 2.54. The summed E-state index contributed by atoms with van der Waals surface area (Å²) < 4.78 is 2.09. The van der Waals surface area contributed by atoms with E-state index in [9.17, 15) is 4.79 Å². The van der Waals surface area contributed by atoms with E-state index in [2.05, 4.69) is 41.4 Å². The predicted octanol–water partition coefficient (Wildman–Crippen LogP) is 3.02. The number of benzene rings is 1. The number of H-pyrrole nitrogens is 1. The van der Waals surface area contributed by atoms with Crippen LogP contribution in [0.25, 0.3) is 22.5 Å². The minimum Gasteiger partial charge on any atom is -0.306 e. The van der Waals surface area contributed by atoms with Crippen LogP contribution in [-0.4, -0.2) is 9.97 Å². The molecule has 3 rings (SSSR count). The number of nitriles is 1. The third-order valence-electron chi connectivity index (χ3n) is 3.98. The summed E-state index contributed by atoms with van der Waals surface area (Å²) in [6, 6.07) is 12.9. The van der Waals surface area contributed by atoms with Gasteiger partial charge in [0.05, 0.1) is 17.2 Å². The van der Waals surface area contributed by atoms with Gasteiger partial charge in [-0.2, -0.15) is 5.26 Å². The quantitative estimate of drug-likeness (QED) is 0.734. The molecule has 0 radical (unpaired) electrons. The second kappa shape index (κ2) is 6.33. The van der Waals surface area contributed by atoms with Crippen molar-refractivity contribution in [2.24, 2.45) is 0 Å². The number of nitrogens with one attached hydrogen (secondary N) is 1. The van der Waals surface area contributed by atoms with Crippen molar-refractivity contribution in [3.05, 3.63) is 70.9 Å². The summed E-state index contributed by atoms with van der Waals surface area (Å²) in [5.41, 5.74) is 2.24. The van der Waals surface area contributed by atoms with Crippen molar-refractivity contribution in [1.29, 1.82) is 5.26 Å². The van der Waals surface area contributed by atoms with Gasteiger partial charge in [-0.05, 0) is 17.7 Å². The van der Waals surface area contributed by atoms with Crippen molar-refractivity contribution in [2.75, 3.05) is 0 Å². The fourth-order valence-electron chi connectivity index (χ4n) is 2.54. The van der Waals surface area contributed by atoms with Gasteiger partial charge in [0.25, 0.3) is 5.56 Å². The van der Waals surface area contributed by atoms with Crippen LogP contribution < -0.4 is 10.1 Å². The second-order valence-electron chi connectivity index (χ2n) is 6.83. The Morgan fingerprint density at radius 2 is 1.84 bits per heavy atom. The molecule has 0 saturated carbocycles. The minimum atomic E-state index is -0.229. The van der Waals surface area contributed by atoms with E-state index in [0.717, 1.165) is 5.56 Å². The highest BCUT2D eigenvalue weighted by molar-refractivity contribution is 5.65. The van der Waals surface area contributed by atoms with E-state index in [1.54, 1.807) is 30.5 Å². The van der Waals surface area contributed by atoms with Crippen LogP contribution in [0, 0.1) is 11.3 Å². The van der Waals surface area contributed by atoms with Crippen molar-refractivity contribution in [3.63, 3.8) is 0 Å². The van der Waals surface area contributed by atoms with Crippen LogP contribution >= 0.6 is 0 Å². The van der Waals surface area contributed by atoms with E-state index in [-0.39, 0.29) is 11.1 Å². The van der Waals surface area contributed by atoms with Gasteiger partial charge in [0.1, 0.15) is 5.82 Å². The molecule has 124 valence electrons. The summed E-state index contributed by atoms with van der Waals surface area (Å²) >= 11 is 0. The smallest absolute Gasteiger partial charge is 0.259 e. The van der Waals surface area contributed by atoms with Crippen molar-refractivity contribution in [2.45, 2.75) is 26.3 Å². The first-order valence-electron chi connectivity index (χ1n) is 8.00. The molecule has 5 heteroatoms. The van der Waals surface area contributed by atoms with Gasteiger partial charge >= 0.3 is 0 Å². The number of nitrogens with zero attached hydrogens (tertiary/aromatic N) is 3. The van der Waals surface area contributed by atoms with Gasteiger partial charge in [-0.15, -0.1) is 0 Å². The number of hydrogen-bond acceptors (Lipinski definition) is 3. The molecule has 0 aliphatic heterocycles. The van der Waals surface area contributed by atoms with Crippen molar-refractivity contribution in [1.82, 2.24) is 9.97 Å². The summed E-state index contributed by atoms with van der Waals surface area (Å²) in [7, 11) is 0. The molecule has 0 aliphatic rings. The SMILES string of the molecule is CC(C)(C)[n+]1ccc(-c2ncc(-c3cccc(C#N)c3)c(=O)[nH]2)cc1. The average Bonchev–Trinajstić information content (AvgIpc) is 2.61. The molecule has 2 heterocycles. The monoisotopic (exact) mass is 331 g/mol. The molecule has 0 amide bonds. The molecular weight excluding hydrogens is 312 g/mol. The van der Waals surface area contributed by atoms with E-state index in [4.69, 9.17) is 5.26 Å². The van der Waals surface area contributed by atoms with Crippen molar-refractivity contribution in [3.8, 4) is 28.6 Å². The average molecular weight is 331 g/mol. The van der Waals surface area contributed by atoms with Crippen LogP contribution in [-0.2, 0) is 5.54 Å². The van der Waals surface area contributed by atoms with E-state index >= 15 is 0 Å². The maximum atomic E-state index is 12.5. The van der Waals surface area contributed by atoms with Gasteiger partial charge in [0, 0.05) is 44.7 Å². The Balaban J connectivity index is 1.97. The topological polar surface area (TPSA) is 73.4 Å². The number of rotatable bonds is 2. The summed E-state index contributed by atoms with van der Waals surface area (Å²) in [4.78, 5) is 19.7. The molecule has 1 N–H and O–H groups in total. The van der Waals surface area contributed by atoms with Crippen LogP contribution in [0.3, 0.4) is 0 Å². The minimum absolute atomic E-state index is 0.00498. The van der Waals surface area contributed by atoms with Crippen LogP contribution in [0.5, 0.6) is 0 Å². The second-order valence-corrected chi connectivity index (χ2v) is 6.83. The molecule has 0 atom stereocenters. The summed E-state index contributed by atoms with van der Waals surface area (Å²) in [6.45, 7) is 6.37. The van der Waals surface area contributed by atoms with Gasteiger partial charge in [-0.1, -0.05) is 12.1 Å². The van der Waals surface area contributed by atoms with E-state index in [1.165, 1.54) is 0 Å². The molecule has 0 fully saturated rings. The number of pyridine rings is 1. The first-order valence-corrected chi connectivity index (χ1v) is 8.00. The molecule has 25 heavy (non-hydrogen) atoms. The molecule has 5 nitrogen and oxygen atoms in total. The van der Waals surface area contributed by atoms with E-state index in [0.29, 0.717) is 22.5 Å². The molecule has 0 spiro atoms. The lowest BCUT2D eigenvalue weighted by atomic mass is 10.1. The summed E-state index contributed by atoms with van der Waals surface area (Å²) in [5, 5.41) is 9.00. The Hall–Kier alpha value is -3.26. The molecule has 0 unspecified atom stereocenters. The lowest BCUT2D eigenvalue weighted by Crippen LogP contribution is -2.49. The predicted molar refractivity (Wildman–Crippen MR) is 95.6 cm³/mol. The summed E-state index contributed by atoms with van der Waals surface area (Å²) in [6.07, 6.45) is 5.49. The molecule has 3 aromatic rings. The summed E-state index contributed by atoms with van der Waals surface area (Å²) in [5.74, 6) is 0.520. The van der Waals surface area contributed by atoms with Crippen molar-refractivity contribution >= 4 is 0 Å². The van der Waals surface area contributed by atoms with Gasteiger partial charge in [-0.25, -0.2) is 9.55 Å². The number of aromatic nitrogens is 3. The van der Waals surface area contributed by atoms with Gasteiger partial charge in [-0.3, -0.25) is 4.79 Å². The van der Waals surface area contributed by atoms with Crippen LogP contribution in [0.2, 0.25) is 0 Å². The zero-order valence-corrected chi connectivity index (χ0v) is 14.4. The maximum Gasteiger partial charge on any atom is 0.259 e. The van der Waals surface area contributed by atoms with Crippen molar-refractivity contribution < 1.29 is 4.57 Å². The lowest BCUT2D eigenvalue weighted by molar-refractivity contribution is -0.754. The highest BCUT2D eigenvalue weighted by atomic mass is 16.1. The van der Waals surface area contributed by atoms with E-state index < -0.39 is 0 Å². The third kappa shape index (κ3) is 3.48. The molecule has 0 aliphatic carbocycles. The highest BCUT2D eigenvalue weighted by Gasteiger charge is 2.20. The van der Waals surface area contributed by atoms with Gasteiger partial charge < -0.3 is 4.98 Å². The Bertz CT molecular complexity index is 1010. The Morgan fingerprint density at radius 1 is 1.12 bits per heavy atom. The zero-order chi connectivity index (χ0) is 18.0. The molecule has 2 aromatic heterocycles.